The molecule has 1 amide bonds. The molecule has 0 spiro atoms. The average Bonchev–Trinajstić information content (AvgIpc) is 3.09. The molecule has 0 aliphatic carbocycles. The zero-order chi connectivity index (χ0) is 29.5. The topological polar surface area (TPSA) is 125 Å². The van der Waals surface area contributed by atoms with Crippen molar-refractivity contribution < 1.29 is 37.8 Å². The van der Waals surface area contributed by atoms with Crippen molar-refractivity contribution >= 4 is 40.8 Å². The Balaban J connectivity index is 0.000000673. The third-order valence-electron chi connectivity index (χ3n) is 5.82. The van der Waals surface area contributed by atoms with Crippen molar-refractivity contribution in [1.82, 2.24) is 9.78 Å². The number of hydrogen-bond donors (Lipinski definition) is 3. The fraction of sp³-hybridized carbons (Fsp3) is 0.308. The second kappa shape index (κ2) is 13.1. The normalized spacial score (nSPS) is 10.9. The van der Waals surface area contributed by atoms with Crippen molar-refractivity contribution in [3.8, 4) is 0 Å². The average molecular weight is 569 g/mol. The lowest BCUT2D eigenvalue weighted by molar-refractivity contribution is -0.192. The monoisotopic (exact) mass is 568 g/mol. The Kier molecular flexibility index (Phi) is 10.5. The van der Waals surface area contributed by atoms with Crippen LogP contribution < -0.4 is 10.2 Å². The molecule has 0 unspecified atom stereocenters. The Morgan fingerprint density at radius 1 is 1.08 bits per heavy atom. The smallest absolute Gasteiger partial charge is 0.478 e. The molecular formula is C26H28ClF3N4O5. The number of carbonyl (C=O) groups is 3. The van der Waals surface area contributed by atoms with Crippen LogP contribution in [0.4, 0.5) is 24.5 Å². The largest absolute Gasteiger partial charge is 0.490 e. The van der Waals surface area contributed by atoms with Gasteiger partial charge in [0.2, 0.25) is 0 Å². The van der Waals surface area contributed by atoms with Gasteiger partial charge in [-0.15, -0.1) is 0 Å². The van der Waals surface area contributed by atoms with Gasteiger partial charge in [-0.1, -0.05) is 11.6 Å². The van der Waals surface area contributed by atoms with Crippen LogP contribution >= 0.6 is 11.6 Å². The first-order valence-electron chi connectivity index (χ1n) is 11.6. The van der Waals surface area contributed by atoms with E-state index in [1.165, 1.54) is 11.6 Å². The summed E-state index contributed by atoms with van der Waals surface area (Å²) in [7, 11) is 3.81. The summed E-state index contributed by atoms with van der Waals surface area (Å²) in [6.07, 6.45) is -3.36. The van der Waals surface area contributed by atoms with Crippen LogP contribution in [0.25, 0.3) is 0 Å². The Hall–Kier alpha value is -4.06. The maximum Gasteiger partial charge on any atom is 0.490 e. The van der Waals surface area contributed by atoms with Gasteiger partial charge in [0.1, 0.15) is 0 Å². The van der Waals surface area contributed by atoms with Crippen LogP contribution in [-0.2, 0) is 18.3 Å². The lowest BCUT2D eigenvalue weighted by Crippen LogP contribution is -2.22. The van der Waals surface area contributed by atoms with E-state index in [2.05, 4.69) is 17.3 Å². The van der Waals surface area contributed by atoms with Gasteiger partial charge >= 0.3 is 18.1 Å². The Bertz CT molecular complexity index is 1340. The molecular weight excluding hydrogens is 541 g/mol. The number of hydrogen-bond acceptors (Lipinski definition) is 5. The molecule has 13 heteroatoms. The number of halogens is 4. The summed E-state index contributed by atoms with van der Waals surface area (Å²) in [4.78, 5) is 35.2. The molecule has 0 aliphatic rings. The van der Waals surface area contributed by atoms with E-state index < -0.39 is 18.1 Å². The van der Waals surface area contributed by atoms with E-state index in [4.69, 9.17) is 21.5 Å². The molecule has 0 fully saturated rings. The number of benzene rings is 2. The molecule has 2 aromatic carbocycles. The fourth-order valence-corrected chi connectivity index (χ4v) is 3.84. The van der Waals surface area contributed by atoms with E-state index in [9.17, 15) is 27.9 Å². The molecule has 3 rings (SSSR count). The van der Waals surface area contributed by atoms with Gasteiger partial charge in [0.25, 0.3) is 5.91 Å². The summed E-state index contributed by atoms with van der Waals surface area (Å²) < 4.78 is 33.6. The van der Waals surface area contributed by atoms with Crippen molar-refractivity contribution in [1.29, 1.82) is 0 Å². The minimum absolute atomic E-state index is 0.134. The number of carboxylic acid groups (broad SMARTS) is 2. The molecule has 1 aromatic heterocycles. The number of anilines is 2. The van der Waals surface area contributed by atoms with E-state index in [0.717, 1.165) is 24.2 Å². The molecule has 9 nitrogen and oxygen atoms in total. The van der Waals surface area contributed by atoms with Crippen LogP contribution in [0.3, 0.4) is 0 Å². The minimum atomic E-state index is -5.08. The Morgan fingerprint density at radius 3 is 2.15 bits per heavy atom. The highest BCUT2D eigenvalue weighted by Gasteiger charge is 2.38. The highest BCUT2D eigenvalue weighted by molar-refractivity contribution is 6.30. The van der Waals surface area contributed by atoms with Gasteiger partial charge in [0, 0.05) is 42.6 Å². The number of rotatable bonds is 8. The zero-order valence-electron chi connectivity index (χ0n) is 21.6. The SMILES string of the molecule is Cc1nn(C)c(C)c1CCCN(C)c1ccc(NC(=O)c2ccc(Cl)cc2)cc1C(=O)O.O=C(O)C(F)(F)F. The first kappa shape index (κ1) is 31.2. The standard InChI is InChI=1S/C24H27ClN4O3.C2HF3O2/c1-15-20(16(2)29(4)27-15)6-5-13-28(3)22-12-11-19(14-21(22)24(31)32)26-23(30)17-7-9-18(25)10-8-17;3-2(4,5)1(6)7/h7-12,14H,5-6,13H2,1-4H3,(H,26,30)(H,31,32);(H,6,7). The highest BCUT2D eigenvalue weighted by atomic mass is 35.5. The number of amides is 1. The summed E-state index contributed by atoms with van der Waals surface area (Å²) in [5, 5.41) is 24.6. The Morgan fingerprint density at radius 2 is 1.67 bits per heavy atom. The lowest BCUT2D eigenvalue weighted by atomic mass is 10.1. The van der Waals surface area contributed by atoms with Crippen LogP contribution in [0.5, 0.6) is 0 Å². The molecule has 3 N–H and O–H groups in total. The molecule has 3 aromatic rings. The van der Waals surface area contributed by atoms with E-state index >= 15 is 0 Å². The van der Waals surface area contributed by atoms with Crippen molar-refractivity contribution in [2.45, 2.75) is 32.9 Å². The maximum atomic E-state index is 12.4. The molecule has 0 bridgehead atoms. The van der Waals surface area contributed by atoms with E-state index in [-0.39, 0.29) is 11.5 Å². The quantitative estimate of drug-likeness (QED) is 0.335. The second-order valence-corrected chi connectivity index (χ2v) is 9.04. The summed E-state index contributed by atoms with van der Waals surface area (Å²) in [6.45, 7) is 4.74. The summed E-state index contributed by atoms with van der Waals surface area (Å²) in [5.74, 6) is -4.14. The van der Waals surface area contributed by atoms with E-state index in [1.807, 2.05) is 30.6 Å². The molecule has 0 atom stereocenters. The van der Waals surface area contributed by atoms with Gasteiger partial charge in [-0.2, -0.15) is 18.3 Å². The number of carbonyl (C=O) groups excluding carboxylic acids is 1. The fourth-order valence-electron chi connectivity index (χ4n) is 3.72. The molecule has 1 heterocycles. The molecule has 0 radical (unpaired) electrons. The summed E-state index contributed by atoms with van der Waals surface area (Å²) in [6, 6.07) is 11.4. The second-order valence-electron chi connectivity index (χ2n) is 8.60. The lowest BCUT2D eigenvalue weighted by Gasteiger charge is -2.22. The van der Waals surface area contributed by atoms with Crippen LogP contribution in [-0.4, -0.2) is 57.6 Å². The third kappa shape index (κ3) is 8.74. The van der Waals surface area contributed by atoms with Crippen molar-refractivity contribution in [3.05, 3.63) is 75.6 Å². The van der Waals surface area contributed by atoms with Crippen molar-refractivity contribution in [2.75, 3.05) is 23.8 Å². The number of aryl methyl sites for hydroxylation is 2. The first-order valence-corrected chi connectivity index (χ1v) is 11.9. The Labute approximate surface area is 227 Å². The van der Waals surface area contributed by atoms with Crippen molar-refractivity contribution in [2.24, 2.45) is 7.05 Å². The molecule has 0 aliphatic heterocycles. The van der Waals surface area contributed by atoms with Gasteiger partial charge in [0.15, 0.2) is 0 Å². The summed E-state index contributed by atoms with van der Waals surface area (Å²) >= 11 is 5.86. The van der Waals surface area contributed by atoms with Gasteiger partial charge < -0.3 is 20.4 Å². The zero-order valence-corrected chi connectivity index (χ0v) is 22.4. The molecule has 0 saturated carbocycles. The number of alkyl halides is 3. The van der Waals surface area contributed by atoms with Crippen LogP contribution in [0.15, 0.2) is 42.5 Å². The number of carboxylic acids is 2. The van der Waals surface area contributed by atoms with Crippen LogP contribution in [0.1, 0.15) is 44.1 Å². The summed E-state index contributed by atoms with van der Waals surface area (Å²) in [5.41, 5.74) is 5.00. The van der Waals surface area contributed by atoms with Crippen molar-refractivity contribution in [3.63, 3.8) is 0 Å². The number of aliphatic carboxylic acids is 1. The predicted octanol–water partition coefficient (Wildman–Crippen LogP) is 5.34. The van der Waals surface area contributed by atoms with E-state index in [1.54, 1.807) is 36.4 Å². The predicted molar refractivity (Wildman–Crippen MR) is 141 cm³/mol. The highest BCUT2D eigenvalue weighted by Crippen LogP contribution is 2.25. The number of nitrogens with one attached hydrogen (secondary N) is 1. The van der Waals surface area contributed by atoms with Crippen LogP contribution in [0, 0.1) is 13.8 Å². The van der Waals surface area contributed by atoms with Crippen LogP contribution in [0.2, 0.25) is 5.02 Å². The van der Waals surface area contributed by atoms with Gasteiger partial charge in [-0.3, -0.25) is 9.48 Å². The van der Waals surface area contributed by atoms with Gasteiger partial charge in [0.05, 0.1) is 16.9 Å². The third-order valence-corrected chi connectivity index (χ3v) is 6.08. The van der Waals surface area contributed by atoms with Gasteiger partial charge in [-0.05, 0) is 74.7 Å². The van der Waals surface area contributed by atoms with E-state index in [0.29, 0.717) is 28.5 Å². The number of nitrogens with zero attached hydrogens (tertiary/aromatic N) is 3. The molecule has 39 heavy (non-hydrogen) atoms. The number of aromatic nitrogens is 2. The number of aromatic carboxylic acids is 1. The van der Waals surface area contributed by atoms with Gasteiger partial charge in [-0.25, -0.2) is 9.59 Å². The molecule has 210 valence electrons. The molecule has 0 saturated heterocycles. The maximum absolute atomic E-state index is 12.4. The first-order chi connectivity index (χ1) is 18.1. The minimum Gasteiger partial charge on any atom is -0.478 e.